The highest BCUT2D eigenvalue weighted by atomic mass is 16.5. The first-order valence-corrected chi connectivity index (χ1v) is 6.71. The van der Waals surface area contributed by atoms with Crippen molar-refractivity contribution in [3.05, 3.63) is 24.5 Å². The average molecular weight is 275 g/mol. The molecule has 1 atom stereocenters. The molecule has 0 unspecified atom stereocenters. The molecule has 1 saturated heterocycles. The largest absolute Gasteiger partial charge is 0.479 e. The highest BCUT2D eigenvalue weighted by Gasteiger charge is 2.24. The Balaban J connectivity index is 1.73. The summed E-state index contributed by atoms with van der Waals surface area (Å²) in [7, 11) is 0. The van der Waals surface area contributed by atoms with Gasteiger partial charge in [-0.2, -0.15) is 0 Å². The topological polar surface area (TPSA) is 67.5 Å². The maximum Gasteiger partial charge on any atom is 0.263 e. The second-order valence-corrected chi connectivity index (χ2v) is 4.75. The molecule has 106 valence electrons. The van der Waals surface area contributed by atoms with E-state index in [9.17, 15) is 4.79 Å². The van der Waals surface area contributed by atoms with E-state index in [1.54, 1.807) is 18.2 Å². The normalized spacial score (nSPS) is 17.1. The van der Waals surface area contributed by atoms with E-state index in [0.717, 1.165) is 11.0 Å². The van der Waals surface area contributed by atoms with E-state index < -0.39 is 6.10 Å². The number of fused-ring (bicyclic) bond motifs is 1. The van der Waals surface area contributed by atoms with Gasteiger partial charge < -0.3 is 19.4 Å². The lowest BCUT2D eigenvalue weighted by atomic mass is 10.2. The van der Waals surface area contributed by atoms with Gasteiger partial charge >= 0.3 is 0 Å². The molecule has 20 heavy (non-hydrogen) atoms. The summed E-state index contributed by atoms with van der Waals surface area (Å²) in [6.45, 7) is 4.20. The van der Waals surface area contributed by atoms with Gasteiger partial charge in [0.2, 0.25) is 0 Å². The molecular formula is C14H17N3O3. The zero-order valence-electron chi connectivity index (χ0n) is 11.3. The number of nitrogens with one attached hydrogen (secondary N) is 1. The van der Waals surface area contributed by atoms with Gasteiger partial charge in [0.25, 0.3) is 5.91 Å². The minimum absolute atomic E-state index is 0.0131. The second kappa shape index (κ2) is 5.50. The minimum atomic E-state index is -0.532. The first-order valence-electron chi connectivity index (χ1n) is 6.71. The number of rotatable bonds is 3. The van der Waals surface area contributed by atoms with Gasteiger partial charge in [-0.1, -0.05) is 6.07 Å². The number of hydrogen-bond acceptors (Lipinski definition) is 4. The number of amides is 1. The molecule has 0 aliphatic carbocycles. The van der Waals surface area contributed by atoms with Crippen molar-refractivity contribution in [1.29, 1.82) is 0 Å². The molecule has 2 aromatic rings. The van der Waals surface area contributed by atoms with Gasteiger partial charge in [-0.25, -0.2) is 4.98 Å². The SMILES string of the molecule is C[C@H](Oc1cccc2[nH]cnc12)C(=O)N1CCOCC1. The maximum absolute atomic E-state index is 12.3. The number of carbonyl (C=O) groups is 1. The molecule has 1 amide bonds. The molecule has 1 aromatic heterocycles. The number of imidazole rings is 1. The van der Waals surface area contributed by atoms with E-state index in [1.165, 1.54) is 0 Å². The first-order chi connectivity index (χ1) is 9.75. The number of nitrogens with zero attached hydrogens (tertiary/aromatic N) is 2. The van der Waals surface area contributed by atoms with E-state index in [4.69, 9.17) is 9.47 Å². The third-order valence-electron chi connectivity index (χ3n) is 3.39. The van der Waals surface area contributed by atoms with Crippen molar-refractivity contribution in [2.24, 2.45) is 0 Å². The van der Waals surface area contributed by atoms with E-state index in [-0.39, 0.29) is 5.91 Å². The smallest absolute Gasteiger partial charge is 0.263 e. The molecule has 1 fully saturated rings. The van der Waals surface area contributed by atoms with Gasteiger partial charge in [0, 0.05) is 13.1 Å². The summed E-state index contributed by atoms with van der Waals surface area (Å²) in [4.78, 5) is 21.3. The summed E-state index contributed by atoms with van der Waals surface area (Å²) in [6, 6.07) is 5.62. The van der Waals surface area contributed by atoms with E-state index in [2.05, 4.69) is 9.97 Å². The lowest BCUT2D eigenvalue weighted by Gasteiger charge is -2.29. The lowest BCUT2D eigenvalue weighted by molar-refractivity contribution is -0.142. The van der Waals surface area contributed by atoms with Crippen LogP contribution in [0.3, 0.4) is 0 Å². The number of ether oxygens (including phenoxy) is 2. The van der Waals surface area contributed by atoms with Crippen LogP contribution >= 0.6 is 0 Å². The maximum atomic E-state index is 12.3. The molecule has 1 aliphatic rings. The van der Waals surface area contributed by atoms with Crippen LogP contribution in [0.5, 0.6) is 5.75 Å². The highest BCUT2D eigenvalue weighted by molar-refractivity contribution is 5.84. The van der Waals surface area contributed by atoms with Gasteiger partial charge in [-0.05, 0) is 19.1 Å². The number of carbonyl (C=O) groups excluding carboxylic acids is 1. The average Bonchev–Trinajstić information content (AvgIpc) is 2.97. The Kier molecular flexibility index (Phi) is 3.56. The summed E-state index contributed by atoms with van der Waals surface area (Å²) in [5.41, 5.74) is 1.64. The number of hydrogen-bond donors (Lipinski definition) is 1. The standard InChI is InChI=1S/C14H17N3O3/c1-10(14(18)17-5-7-19-8-6-17)20-12-4-2-3-11-13(12)16-9-15-11/h2-4,9-10H,5-8H2,1H3,(H,15,16)/t10-/m0/s1. The van der Waals surface area contributed by atoms with Gasteiger partial charge in [0.15, 0.2) is 6.10 Å². The lowest BCUT2D eigenvalue weighted by Crippen LogP contribution is -2.46. The summed E-state index contributed by atoms with van der Waals surface area (Å²) in [5, 5.41) is 0. The van der Waals surface area contributed by atoms with Crippen molar-refractivity contribution in [3.8, 4) is 5.75 Å². The van der Waals surface area contributed by atoms with Crippen LogP contribution in [0.25, 0.3) is 11.0 Å². The van der Waals surface area contributed by atoms with Crippen LogP contribution in [0.1, 0.15) is 6.92 Å². The Hall–Kier alpha value is -2.08. The number of aromatic nitrogens is 2. The predicted octanol–water partition coefficient (Wildman–Crippen LogP) is 1.19. The number of H-pyrrole nitrogens is 1. The fourth-order valence-corrected chi connectivity index (χ4v) is 2.32. The summed E-state index contributed by atoms with van der Waals surface area (Å²) < 4.78 is 11.0. The van der Waals surface area contributed by atoms with Crippen molar-refractivity contribution in [2.45, 2.75) is 13.0 Å². The van der Waals surface area contributed by atoms with Gasteiger partial charge in [0.05, 0.1) is 25.1 Å². The van der Waals surface area contributed by atoms with Crippen molar-refractivity contribution in [3.63, 3.8) is 0 Å². The third kappa shape index (κ3) is 2.46. The molecule has 1 N–H and O–H groups in total. The molecular weight excluding hydrogens is 258 g/mol. The van der Waals surface area contributed by atoms with Crippen LogP contribution in [0, 0.1) is 0 Å². The number of para-hydroxylation sites is 1. The van der Waals surface area contributed by atoms with Crippen LogP contribution in [-0.4, -0.2) is 53.2 Å². The Morgan fingerprint density at radius 2 is 2.25 bits per heavy atom. The van der Waals surface area contributed by atoms with E-state index in [1.807, 2.05) is 18.2 Å². The van der Waals surface area contributed by atoms with Gasteiger partial charge in [-0.3, -0.25) is 4.79 Å². The third-order valence-corrected chi connectivity index (χ3v) is 3.39. The van der Waals surface area contributed by atoms with Crippen LogP contribution in [0.4, 0.5) is 0 Å². The molecule has 0 saturated carbocycles. The second-order valence-electron chi connectivity index (χ2n) is 4.75. The Morgan fingerprint density at radius 3 is 3.05 bits per heavy atom. The van der Waals surface area contributed by atoms with Crippen LogP contribution in [-0.2, 0) is 9.53 Å². The monoisotopic (exact) mass is 275 g/mol. The molecule has 0 bridgehead atoms. The Labute approximate surface area is 116 Å². The number of benzene rings is 1. The Bertz CT molecular complexity index is 604. The highest BCUT2D eigenvalue weighted by Crippen LogP contribution is 2.23. The van der Waals surface area contributed by atoms with Gasteiger partial charge in [-0.15, -0.1) is 0 Å². The molecule has 0 spiro atoms. The van der Waals surface area contributed by atoms with Gasteiger partial charge in [0.1, 0.15) is 11.3 Å². The molecule has 1 aliphatic heterocycles. The molecule has 1 aromatic carbocycles. The first kappa shape index (κ1) is 12.9. The van der Waals surface area contributed by atoms with Crippen LogP contribution in [0.2, 0.25) is 0 Å². The van der Waals surface area contributed by atoms with E-state index >= 15 is 0 Å². The summed E-state index contributed by atoms with van der Waals surface area (Å²) >= 11 is 0. The summed E-state index contributed by atoms with van der Waals surface area (Å²) in [6.07, 6.45) is 1.09. The molecule has 0 radical (unpaired) electrons. The van der Waals surface area contributed by atoms with Crippen LogP contribution in [0.15, 0.2) is 24.5 Å². The van der Waals surface area contributed by atoms with E-state index in [0.29, 0.717) is 32.1 Å². The van der Waals surface area contributed by atoms with Crippen molar-refractivity contribution in [2.75, 3.05) is 26.3 Å². The molecule has 6 heteroatoms. The van der Waals surface area contributed by atoms with Crippen LogP contribution < -0.4 is 4.74 Å². The molecule has 2 heterocycles. The summed E-state index contributed by atoms with van der Waals surface area (Å²) in [5.74, 6) is 0.610. The van der Waals surface area contributed by atoms with Crippen molar-refractivity contribution < 1.29 is 14.3 Å². The number of aromatic amines is 1. The minimum Gasteiger partial charge on any atom is -0.479 e. The fraction of sp³-hybridized carbons (Fsp3) is 0.429. The number of morpholine rings is 1. The predicted molar refractivity (Wildman–Crippen MR) is 73.6 cm³/mol. The molecule has 6 nitrogen and oxygen atoms in total. The zero-order valence-corrected chi connectivity index (χ0v) is 11.3. The molecule has 3 rings (SSSR count). The zero-order chi connectivity index (χ0) is 13.9. The quantitative estimate of drug-likeness (QED) is 0.913. The Morgan fingerprint density at radius 1 is 1.45 bits per heavy atom. The fourth-order valence-electron chi connectivity index (χ4n) is 2.32. The van der Waals surface area contributed by atoms with Crippen molar-refractivity contribution in [1.82, 2.24) is 14.9 Å². The van der Waals surface area contributed by atoms with Crippen molar-refractivity contribution >= 4 is 16.9 Å².